The van der Waals surface area contributed by atoms with E-state index in [4.69, 9.17) is 10.5 Å². The van der Waals surface area contributed by atoms with Crippen LogP contribution in [0.25, 0.3) is 0 Å². The Labute approximate surface area is 108 Å². The Morgan fingerprint density at radius 2 is 2.06 bits per heavy atom. The fraction of sp³-hybridized carbons (Fsp3) is 0.500. The van der Waals surface area contributed by atoms with Crippen molar-refractivity contribution in [3.8, 4) is 0 Å². The van der Waals surface area contributed by atoms with E-state index >= 15 is 0 Å². The topological polar surface area (TPSA) is 64.3 Å². The number of benzene rings is 1. The van der Waals surface area contributed by atoms with Crippen molar-refractivity contribution in [1.82, 2.24) is 0 Å². The average Bonchev–Trinajstić information content (AvgIpc) is 2.41. The summed E-state index contributed by atoms with van der Waals surface area (Å²) in [6.45, 7) is 0. The van der Waals surface area contributed by atoms with Crippen LogP contribution in [0, 0.1) is 0 Å². The van der Waals surface area contributed by atoms with Crippen LogP contribution >= 0.6 is 0 Å². The van der Waals surface area contributed by atoms with Gasteiger partial charge in [0.2, 0.25) is 0 Å². The van der Waals surface area contributed by atoms with E-state index < -0.39 is 0 Å². The van der Waals surface area contributed by atoms with Gasteiger partial charge in [0, 0.05) is 17.4 Å². The van der Waals surface area contributed by atoms with E-state index in [-0.39, 0.29) is 5.97 Å². The smallest absolute Gasteiger partial charge is 0.340 e. The molecule has 1 aliphatic carbocycles. The Kier molecular flexibility index (Phi) is 4.07. The van der Waals surface area contributed by atoms with Gasteiger partial charge in [0.1, 0.15) is 0 Å². The second-order valence-corrected chi connectivity index (χ2v) is 4.78. The maximum atomic E-state index is 11.7. The van der Waals surface area contributed by atoms with Gasteiger partial charge in [-0.25, -0.2) is 4.79 Å². The maximum absolute atomic E-state index is 11.7. The molecule has 98 valence electrons. The number of carbonyl (C=O) groups excluding carboxylic acids is 1. The molecule has 1 saturated carbocycles. The molecular formula is C14H20N2O2. The minimum atomic E-state index is -0.347. The zero-order chi connectivity index (χ0) is 13.0. The van der Waals surface area contributed by atoms with E-state index in [0.717, 1.165) is 18.5 Å². The van der Waals surface area contributed by atoms with Crippen molar-refractivity contribution in [3.63, 3.8) is 0 Å². The third kappa shape index (κ3) is 2.94. The molecular weight excluding hydrogens is 228 g/mol. The van der Waals surface area contributed by atoms with Crippen molar-refractivity contribution >= 4 is 17.3 Å². The third-order valence-electron chi connectivity index (χ3n) is 3.41. The minimum Gasteiger partial charge on any atom is -0.465 e. The lowest BCUT2D eigenvalue weighted by Gasteiger charge is -2.24. The molecule has 0 unspecified atom stereocenters. The van der Waals surface area contributed by atoms with Crippen LogP contribution in [0.5, 0.6) is 0 Å². The van der Waals surface area contributed by atoms with Crippen molar-refractivity contribution in [1.29, 1.82) is 0 Å². The molecule has 0 saturated heterocycles. The molecule has 0 heterocycles. The third-order valence-corrected chi connectivity index (χ3v) is 3.41. The normalized spacial score (nSPS) is 16.3. The summed E-state index contributed by atoms with van der Waals surface area (Å²) in [5.41, 5.74) is 7.63. The molecule has 2 rings (SSSR count). The number of nitrogens with two attached hydrogens (primary N) is 1. The number of nitrogen functional groups attached to an aromatic ring is 1. The average molecular weight is 248 g/mol. The largest absolute Gasteiger partial charge is 0.465 e. The summed E-state index contributed by atoms with van der Waals surface area (Å²) in [4.78, 5) is 11.7. The lowest BCUT2D eigenvalue weighted by molar-refractivity contribution is 0.0602. The van der Waals surface area contributed by atoms with Crippen LogP contribution in [-0.4, -0.2) is 19.1 Å². The predicted molar refractivity (Wildman–Crippen MR) is 72.7 cm³/mol. The lowest BCUT2D eigenvalue weighted by Crippen LogP contribution is -2.23. The van der Waals surface area contributed by atoms with Crippen LogP contribution < -0.4 is 11.1 Å². The lowest BCUT2D eigenvalue weighted by atomic mass is 9.95. The second-order valence-electron chi connectivity index (χ2n) is 4.78. The summed E-state index contributed by atoms with van der Waals surface area (Å²) in [5.74, 6) is -0.347. The van der Waals surface area contributed by atoms with Gasteiger partial charge in [-0.05, 0) is 31.0 Å². The molecule has 0 radical (unpaired) electrons. The van der Waals surface area contributed by atoms with Crippen LogP contribution in [0.3, 0.4) is 0 Å². The molecule has 1 aromatic carbocycles. The number of esters is 1. The van der Waals surface area contributed by atoms with Crippen LogP contribution in [0.1, 0.15) is 42.5 Å². The highest BCUT2D eigenvalue weighted by atomic mass is 16.5. The molecule has 0 amide bonds. The highest BCUT2D eigenvalue weighted by Gasteiger charge is 2.17. The Morgan fingerprint density at radius 1 is 1.33 bits per heavy atom. The van der Waals surface area contributed by atoms with E-state index in [9.17, 15) is 4.79 Å². The zero-order valence-corrected chi connectivity index (χ0v) is 10.7. The van der Waals surface area contributed by atoms with E-state index in [2.05, 4.69) is 5.32 Å². The summed E-state index contributed by atoms with van der Waals surface area (Å²) in [6, 6.07) is 5.77. The Bertz CT molecular complexity index is 426. The SMILES string of the molecule is COC(=O)c1cc(N)ccc1NC1CCCCC1. The van der Waals surface area contributed by atoms with Gasteiger partial charge in [-0.1, -0.05) is 19.3 Å². The first-order chi connectivity index (χ1) is 8.70. The first-order valence-corrected chi connectivity index (χ1v) is 6.45. The van der Waals surface area contributed by atoms with E-state index in [1.165, 1.54) is 26.4 Å². The molecule has 0 aliphatic heterocycles. The summed E-state index contributed by atoms with van der Waals surface area (Å²) in [5, 5.41) is 3.44. The molecule has 1 fully saturated rings. The molecule has 1 aliphatic rings. The van der Waals surface area contributed by atoms with Gasteiger partial charge in [0.25, 0.3) is 0 Å². The zero-order valence-electron chi connectivity index (χ0n) is 10.7. The van der Waals surface area contributed by atoms with Gasteiger partial charge in [0.15, 0.2) is 0 Å². The van der Waals surface area contributed by atoms with Crippen LogP contribution in [-0.2, 0) is 4.74 Å². The summed E-state index contributed by atoms with van der Waals surface area (Å²) in [6.07, 6.45) is 6.13. The number of rotatable bonds is 3. The number of hydrogen-bond acceptors (Lipinski definition) is 4. The maximum Gasteiger partial charge on any atom is 0.340 e. The van der Waals surface area contributed by atoms with Crippen LogP contribution in [0.2, 0.25) is 0 Å². The van der Waals surface area contributed by atoms with Crippen molar-refractivity contribution < 1.29 is 9.53 Å². The van der Waals surface area contributed by atoms with E-state index in [0.29, 0.717) is 17.3 Å². The fourth-order valence-corrected chi connectivity index (χ4v) is 2.43. The highest BCUT2D eigenvalue weighted by Crippen LogP contribution is 2.25. The Hall–Kier alpha value is -1.71. The molecule has 0 bridgehead atoms. The highest BCUT2D eigenvalue weighted by molar-refractivity contribution is 5.96. The Balaban J connectivity index is 2.17. The first-order valence-electron chi connectivity index (χ1n) is 6.45. The molecule has 1 aromatic rings. The predicted octanol–water partition coefficient (Wildman–Crippen LogP) is 2.80. The summed E-state index contributed by atoms with van der Waals surface area (Å²) >= 11 is 0. The van der Waals surface area contributed by atoms with Gasteiger partial charge in [-0.2, -0.15) is 0 Å². The standard InChI is InChI=1S/C14H20N2O2/c1-18-14(17)12-9-10(15)7-8-13(12)16-11-5-3-2-4-6-11/h7-9,11,16H,2-6,15H2,1H3. The Morgan fingerprint density at radius 3 is 2.72 bits per heavy atom. The number of methoxy groups -OCH3 is 1. The van der Waals surface area contributed by atoms with Gasteiger partial charge < -0.3 is 15.8 Å². The van der Waals surface area contributed by atoms with Crippen molar-refractivity contribution in [3.05, 3.63) is 23.8 Å². The molecule has 4 heteroatoms. The molecule has 18 heavy (non-hydrogen) atoms. The second kappa shape index (κ2) is 5.76. The quantitative estimate of drug-likeness (QED) is 0.637. The van der Waals surface area contributed by atoms with Crippen LogP contribution in [0.15, 0.2) is 18.2 Å². The first kappa shape index (κ1) is 12.7. The number of ether oxygens (including phenoxy) is 1. The number of anilines is 2. The summed E-state index contributed by atoms with van der Waals surface area (Å²) in [7, 11) is 1.38. The minimum absolute atomic E-state index is 0.347. The van der Waals surface area contributed by atoms with E-state index in [1.807, 2.05) is 6.07 Å². The fourth-order valence-electron chi connectivity index (χ4n) is 2.43. The molecule has 0 spiro atoms. The van der Waals surface area contributed by atoms with E-state index in [1.54, 1.807) is 12.1 Å². The number of carbonyl (C=O) groups is 1. The number of hydrogen-bond donors (Lipinski definition) is 2. The monoisotopic (exact) mass is 248 g/mol. The van der Waals surface area contributed by atoms with Crippen molar-refractivity contribution in [2.24, 2.45) is 0 Å². The van der Waals surface area contributed by atoms with Crippen molar-refractivity contribution in [2.45, 2.75) is 38.1 Å². The van der Waals surface area contributed by atoms with Gasteiger partial charge in [0.05, 0.1) is 12.7 Å². The van der Waals surface area contributed by atoms with Crippen molar-refractivity contribution in [2.75, 3.05) is 18.2 Å². The number of nitrogens with one attached hydrogen (secondary N) is 1. The summed E-state index contributed by atoms with van der Waals surface area (Å²) < 4.78 is 4.79. The molecule has 0 atom stereocenters. The van der Waals surface area contributed by atoms with Gasteiger partial charge in [-0.15, -0.1) is 0 Å². The van der Waals surface area contributed by atoms with Gasteiger partial charge >= 0.3 is 5.97 Å². The molecule has 3 N–H and O–H groups in total. The molecule has 4 nitrogen and oxygen atoms in total. The van der Waals surface area contributed by atoms with Crippen LogP contribution in [0.4, 0.5) is 11.4 Å². The van der Waals surface area contributed by atoms with Gasteiger partial charge in [-0.3, -0.25) is 0 Å². The molecule has 0 aromatic heterocycles.